The Hall–Kier alpha value is -2.22. The van der Waals surface area contributed by atoms with Crippen LogP contribution < -0.4 is 10.2 Å². The number of amides is 1. The van der Waals surface area contributed by atoms with Crippen LogP contribution in [0.25, 0.3) is 0 Å². The average Bonchev–Trinajstić information content (AvgIpc) is 3.21. The Balaban J connectivity index is 1.24. The van der Waals surface area contributed by atoms with Gasteiger partial charge in [0.05, 0.1) is 17.7 Å². The number of aromatic nitrogens is 2. The van der Waals surface area contributed by atoms with E-state index in [1.54, 1.807) is 6.33 Å². The van der Waals surface area contributed by atoms with Crippen molar-refractivity contribution in [2.75, 3.05) is 37.6 Å². The number of halogens is 1. The second kappa shape index (κ2) is 11.4. The van der Waals surface area contributed by atoms with Gasteiger partial charge in [-0.3, -0.25) is 4.79 Å². The van der Waals surface area contributed by atoms with Gasteiger partial charge in [0.2, 0.25) is 5.91 Å². The summed E-state index contributed by atoms with van der Waals surface area (Å²) >= 11 is 6.15. The Bertz CT molecular complexity index is 1030. The molecule has 8 heteroatoms. The minimum atomic E-state index is -0.512. The quantitative estimate of drug-likeness (QED) is 0.573. The molecule has 36 heavy (non-hydrogen) atoms. The van der Waals surface area contributed by atoms with Crippen molar-refractivity contribution in [3.05, 3.63) is 52.4 Å². The lowest BCUT2D eigenvalue weighted by molar-refractivity contribution is -0.133. The van der Waals surface area contributed by atoms with Gasteiger partial charge in [0.25, 0.3) is 0 Å². The molecule has 2 fully saturated rings. The van der Waals surface area contributed by atoms with E-state index in [0.717, 1.165) is 48.7 Å². The number of carbonyl (C=O) groups is 1. The maximum absolute atomic E-state index is 13.8. The van der Waals surface area contributed by atoms with Gasteiger partial charge >= 0.3 is 0 Å². The van der Waals surface area contributed by atoms with Gasteiger partial charge in [-0.25, -0.2) is 9.97 Å². The topological polar surface area (TPSA) is 81.6 Å². The summed E-state index contributed by atoms with van der Waals surface area (Å²) in [6.45, 7) is 5.75. The third-order valence-electron chi connectivity index (χ3n) is 8.21. The molecule has 2 aromatic rings. The fourth-order valence-corrected chi connectivity index (χ4v) is 6.31. The van der Waals surface area contributed by atoms with Crippen LogP contribution in [0.2, 0.25) is 5.02 Å². The molecule has 0 bridgehead atoms. The Morgan fingerprint density at radius 1 is 1.11 bits per heavy atom. The van der Waals surface area contributed by atoms with Crippen LogP contribution in [0.3, 0.4) is 0 Å². The van der Waals surface area contributed by atoms with E-state index in [2.05, 4.69) is 27.1 Å². The molecule has 1 saturated heterocycles. The lowest BCUT2D eigenvalue weighted by Gasteiger charge is -2.38. The van der Waals surface area contributed by atoms with Crippen molar-refractivity contribution in [2.45, 2.75) is 75.9 Å². The molecule has 2 N–H and O–H groups in total. The van der Waals surface area contributed by atoms with Gasteiger partial charge in [0.1, 0.15) is 12.1 Å². The smallest absolute Gasteiger partial charge is 0.230 e. The van der Waals surface area contributed by atoms with Crippen molar-refractivity contribution in [2.24, 2.45) is 0 Å². The van der Waals surface area contributed by atoms with Crippen molar-refractivity contribution < 1.29 is 9.90 Å². The minimum Gasteiger partial charge on any atom is -0.387 e. The highest BCUT2D eigenvalue weighted by Crippen LogP contribution is 2.42. The van der Waals surface area contributed by atoms with Gasteiger partial charge in [-0.2, -0.15) is 0 Å². The Kier molecular flexibility index (Phi) is 8.09. The predicted octanol–water partition coefficient (Wildman–Crippen LogP) is 4.42. The number of benzene rings is 1. The number of aliphatic hydroxyl groups is 1. The van der Waals surface area contributed by atoms with Crippen molar-refractivity contribution in [1.29, 1.82) is 0 Å². The lowest BCUT2D eigenvalue weighted by atomic mass is 9.92. The van der Waals surface area contributed by atoms with Crippen molar-refractivity contribution in [3.8, 4) is 0 Å². The van der Waals surface area contributed by atoms with E-state index in [0.29, 0.717) is 30.6 Å². The number of rotatable bonds is 7. The predicted molar refractivity (Wildman–Crippen MR) is 143 cm³/mol. The fourth-order valence-electron chi connectivity index (χ4n) is 6.18. The average molecular weight is 512 g/mol. The molecule has 1 aliphatic heterocycles. The summed E-state index contributed by atoms with van der Waals surface area (Å²) in [4.78, 5) is 27.0. The highest BCUT2D eigenvalue weighted by molar-refractivity contribution is 6.30. The van der Waals surface area contributed by atoms with Crippen LogP contribution in [0.4, 0.5) is 5.82 Å². The maximum Gasteiger partial charge on any atom is 0.230 e. The monoisotopic (exact) mass is 511 g/mol. The number of fused-ring (bicyclic) bond motifs is 1. The number of nitrogens with one attached hydrogen (secondary N) is 1. The SMILES string of the molecule is C[C@@H]1C[C@@H](O)c2ncnc(N3CCN(C(=O)C(CCNC4CCCCC4)c4ccc(Cl)cc4)CC3)c21. The molecule has 3 aliphatic rings. The molecule has 5 rings (SSSR count). The molecule has 7 nitrogen and oxygen atoms in total. The van der Waals surface area contributed by atoms with Crippen LogP contribution >= 0.6 is 11.6 Å². The second-order valence-electron chi connectivity index (χ2n) is 10.6. The van der Waals surface area contributed by atoms with E-state index in [1.807, 2.05) is 29.2 Å². The van der Waals surface area contributed by atoms with E-state index in [9.17, 15) is 9.90 Å². The zero-order chi connectivity index (χ0) is 25.1. The molecule has 1 saturated carbocycles. The van der Waals surface area contributed by atoms with Gasteiger partial charge in [-0.15, -0.1) is 0 Å². The number of anilines is 1. The summed E-state index contributed by atoms with van der Waals surface area (Å²) in [5.41, 5.74) is 2.87. The first-order valence-electron chi connectivity index (χ1n) is 13.6. The molecule has 1 unspecified atom stereocenters. The molecule has 1 aromatic heterocycles. The van der Waals surface area contributed by atoms with E-state index in [4.69, 9.17) is 11.6 Å². The van der Waals surface area contributed by atoms with Crippen LogP contribution in [-0.4, -0.2) is 64.6 Å². The lowest BCUT2D eigenvalue weighted by Crippen LogP contribution is -2.50. The van der Waals surface area contributed by atoms with E-state index >= 15 is 0 Å². The molecular formula is C28H38ClN5O2. The molecule has 2 heterocycles. The molecule has 1 amide bonds. The summed E-state index contributed by atoms with van der Waals surface area (Å²) in [6.07, 6.45) is 8.94. The Morgan fingerprint density at radius 3 is 2.56 bits per heavy atom. The molecular weight excluding hydrogens is 474 g/mol. The molecule has 1 aromatic carbocycles. The Labute approximate surface area is 219 Å². The van der Waals surface area contributed by atoms with Crippen LogP contribution in [0, 0.1) is 0 Å². The first kappa shape index (κ1) is 25.4. The summed E-state index contributed by atoms with van der Waals surface area (Å²) in [5, 5.41) is 14.8. The van der Waals surface area contributed by atoms with Gasteiger partial charge in [-0.05, 0) is 55.8 Å². The van der Waals surface area contributed by atoms with E-state index in [1.165, 1.54) is 32.1 Å². The van der Waals surface area contributed by atoms with Crippen molar-refractivity contribution in [1.82, 2.24) is 20.2 Å². The number of hydrogen-bond acceptors (Lipinski definition) is 6. The van der Waals surface area contributed by atoms with E-state index < -0.39 is 6.10 Å². The van der Waals surface area contributed by atoms with Gasteiger partial charge < -0.3 is 20.2 Å². The van der Waals surface area contributed by atoms with Crippen LogP contribution in [0.1, 0.15) is 86.6 Å². The number of hydrogen-bond donors (Lipinski definition) is 2. The largest absolute Gasteiger partial charge is 0.387 e. The van der Waals surface area contributed by atoms with Crippen LogP contribution in [0.15, 0.2) is 30.6 Å². The summed E-state index contributed by atoms with van der Waals surface area (Å²) < 4.78 is 0. The van der Waals surface area contributed by atoms with E-state index in [-0.39, 0.29) is 17.7 Å². The Morgan fingerprint density at radius 2 is 1.83 bits per heavy atom. The minimum absolute atomic E-state index is 0.177. The fraction of sp³-hybridized carbons (Fsp3) is 0.607. The highest BCUT2D eigenvalue weighted by Gasteiger charge is 2.35. The first-order valence-corrected chi connectivity index (χ1v) is 13.9. The standard InChI is InChI=1S/C28H38ClN5O2/c1-19-17-24(35)26-25(19)27(32-18-31-26)33-13-15-34(16-14-33)28(36)23(20-7-9-21(29)10-8-20)11-12-30-22-5-3-2-4-6-22/h7-10,18-19,22-24,30,35H,2-6,11-17H2,1H3/t19-,23?,24-/m1/s1. The third-order valence-corrected chi connectivity index (χ3v) is 8.46. The number of piperazine rings is 1. The normalized spacial score (nSPS) is 23.5. The van der Waals surface area contributed by atoms with Crippen molar-refractivity contribution >= 4 is 23.3 Å². The maximum atomic E-state index is 13.8. The van der Waals surface area contributed by atoms with Gasteiger partial charge in [0.15, 0.2) is 0 Å². The second-order valence-corrected chi connectivity index (χ2v) is 11.1. The summed E-state index contributed by atoms with van der Waals surface area (Å²) in [7, 11) is 0. The summed E-state index contributed by atoms with van der Waals surface area (Å²) in [5.74, 6) is 1.17. The highest BCUT2D eigenvalue weighted by atomic mass is 35.5. The van der Waals surface area contributed by atoms with Gasteiger partial charge in [-0.1, -0.05) is 49.9 Å². The zero-order valence-corrected chi connectivity index (χ0v) is 22.0. The first-order chi connectivity index (χ1) is 17.5. The zero-order valence-electron chi connectivity index (χ0n) is 21.2. The summed E-state index contributed by atoms with van der Waals surface area (Å²) in [6, 6.07) is 8.35. The molecule has 0 radical (unpaired) electrons. The number of carbonyl (C=O) groups excluding carboxylic acids is 1. The molecule has 0 spiro atoms. The third kappa shape index (κ3) is 5.53. The van der Waals surface area contributed by atoms with Crippen molar-refractivity contribution in [3.63, 3.8) is 0 Å². The number of nitrogens with zero attached hydrogens (tertiary/aromatic N) is 4. The molecule has 194 valence electrons. The number of aliphatic hydroxyl groups excluding tert-OH is 1. The van der Waals surface area contributed by atoms with Gasteiger partial charge in [0, 0.05) is 42.8 Å². The molecule has 3 atom stereocenters. The van der Waals surface area contributed by atoms with Crippen LogP contribution in [0.5, 0.6) is 0 Å². The molecule has 2 aliphatic carbocycles. The van der Waals surface area contributed by atoms with Crippen LogP contribution in [-0.2, 0) is 4.79 Å².